The van der Waals surface area contributed by atoms with Crippen molar-refractivity contribution in [2.75, 3.05) is 18.4 Å². The maximum Gasteiger partial charge on any atom is 0.258 e. The van der Waals surface area contributed by atoms with Gasteiger partial charge in [-0.3, -0.25) is 4.79 Å². The molecule has 0 atom stereocenters. The number of rotatable bonds is 7. The number of nitrogens with zero attached hydrogens (tertiary/aromatic N) is 2. The quantitative estimate of drug-likeness (QED) is 0.766. The number of hydrogen-bond acceptors (Lipinski definition) is 3. The Morgan fingerprint density at radius 1 is 1.42 bits per heavy atom. The van der Waals surface area contributed by atoms with Crippen LogP contribution in [0.25, 0.3) is 0 Å². The van der Waals surface area contributed by atoms with Gasteiger partial charge in [-0.1, -0.05) is 12.2 Å². The molecular formula is C15H21N3O. The summed E-state index contributed by atoms with van der Waals surface area (Å²) in [4.78, 5) is 18.4. The number of carbonyl (C=O) groups excluding carboxylic acids is 1. The summed E-state index contributed by atoms with van der Waals surface area (Å²) in [6.07, 6.45) is 5.08. The van der Waals surface area contributed by atoms with Crippen molar-refractivity contribution < 1.29 is 4.79 Å². The van der Waals surface area contributed by atoms with Crippen LogP contribution in [0.5, 0.6) is 0 Å². The van der Waals surface area contributed by atoms with E-state index in [2.05, 4.69) is 23.5 Å². The zero-order chi connectivity index (χ0) is 14.3. The highest BCUT2D eigenvalue weighted by Gasteiger charge is 2.18. The fraction of sp³-hybridized carbons (Fsp3) is 0.333. The molecule has 0 saturated carbocycles. The van der Waals surface area contributed by atoms with Crippen molar-refractivity contribution in [1.82, 2.24) is 9.88 Å². The molecule has 0 fully saturated rings. The number of amides is 1. The summed E-state index contributed by atoms with van der Waals surface area (Å²) in [5.74, 6) is 0.539. The average Bonchev–Trinajstić information content (AvgIpc) is 2.38. The summed E-state index contributed by atoms with van der Waals surface area (Å²) in [5, 5.41) is 3.18. The molecule has 1 amide bonds. The predicted molar refractivity (Wildman–Crippen MR) is 79.3 cm³/mol. The van der Waals surface area contributed by atoms with Crippen LogP contribution >= 0.6 is 0 Å². The average molecular weight is 259 g/mol. The molecule has 4 heteroatoms. The van der Waals surface area contributed by atoms with Gasteiger partial charge in [0.05, 0.1) is 5.56 Å². The lowest BCUT2D eigenvalue weighted by molar-refractivity contribution is 0.0791. The molecule has 19 heavy (non-hydrogen) atoms. The van der Waals surface area contributed by atoms with Crippen LogP contribution in [0, 0.1) is 0 Å². The second-order valence-electron chi connectivity index (χ2n) is 4.49. The van der Waals surface area contributed by atoms with Gasteiger partial charge in [0.15, 0.2) is 0 Å². The molecule has 1 aromatic rings. The van der Waals surface area contributed by atoms with Crippen LogP contribution in [-0.4, -0.2) is 34.9 Å². The Hall–Kier alpha value is -2.10. The van der Waals surface area contributed by atoms with E-state index in [4.69, 9.17) is 0 Å². The Bertz CT molecular complexity index is 444. The molecule has 1 aromatic heterocycles. The molecule has 1 heterocycles. The third-order valence-electron chi connectivity index (χ3n) is 2.45. The van der Waals surface area contributed by atoms with E-state index in [0.717, 1.165) is 0 Å². The zero-order valence-electron chi connectivity index (χ0n) is 11.6. The zero-order valence-corrected chi connectivity index (χ0v) is 11.6. The minimum absolute atomic E-state index is 0.0731. The molecule has 0 aromatic carbocycles. The van der Waals surface area contributed by atoms with E-state index in [1.165, 1.54) is 0 Å². The predicted octanol–water partition coefficient (Wildman–Crippen LogP) is 2.72. The van der Waals surface area contributed by atoms with Crippen LogP contribution in [0.4, 0.5) is 5.82 Å². The van der Waals surface area contributed by atoms with Gasteiger partial charge in [0.2, 0.25) is 0 Å². The Morgan fingerprint density at radius 3 is 2.58 bits per heavy atom. The van der Waals surface area contributed by atoms with E-state index in [1.54, 1.807) is 35.4 Å². The third kappa shape index (κ3) is 4.25. The van der Waals surface area contributed by atoms with Gasteiger partial charge in [0, 0.05) is 25.3 Å². The van der Waals surface area contributed by atoms with Crippen molar-refractivity contribution in [2.24, 2.45) is 0 Å². The maximum absolute atomic E-state index is 12.5. The smallest absolute Gasteiger partial charge is 0.258 e. The number of nitrogens with one attached hydrogen (secondary N) is 1. The van der Waals surface area contributed by atoms with E-state index in [1.807, 2.05) is 13.8 Å². The second-order valence-corrected chi connectivity index (χ2v) is 4.49. The van der Waals surface area contributed by atoms with Crippen molar-refractivity contribution in [3.05, 3.63) is 49.2 Å². The van der Waals surface area contributed by atoms with Crippen LogP contribution in [0.15, 0.2) is 43.6 Å². The molecule has 0 spiro atoms. The standard InChI is InChI=1S/C15H21N3O/c1-5-10-18(11-6-2)15(19)13-8-7-9-16-14(13)17-12(3)4/h5-9,12H,1-2,10-11H2,3-4H3,(H,16,17). The summed E-state index contributed by atoms with van der Waals surface area (Å²) in [7, 11) is 0. The van der Waals surface area contributed by atoms with Gasteiger partial charge in [-0.05, 0) is 26.0 Å². The summed E-state index contributed by atoms with van der Waals surface area (Å²) >= 11 is 0. The van der Waals surface area contributed by atoms with Crippen LogP contribution in [0.3, 0.4) is 0 Å². The normalized spacial score (nSPS) is 10.1. The monoisotopic (exact) mass is 259 g/mol. The van der Waals surface area contributed by atoms with E-state index < -0.39 is 0 Å². The van der Waals surface area contributed by atoms with Gasteiger partial charge in [0.25, 0.3) is 5.91 Å². The van der Waals surface area contributed by atoms with Crippen molar-refractivity contribution in [3.8, 4) is 0 Å². The largest absolute Gasteiger partial charge is 0.367 e. The van der Waals surface area contributed by atoms with Crippen molar-refractivity contribution in [3.63, 3.8) is 0 Å². The molecule has 0 unspecified atom stereocenters. The van der Waals surface area contributed by atoms with Crippen LogP contribution < -0.4 is 5.32 Å². The van der Waals surface area contributed by atoms with E-state index >= 15 is 0 Å². The molecule has 0 aliphatic rings. The van der Waals surface area contributed by atoms with E-state index in [0.29, 0.717) is 24.5 Å². The molecule has 102 valence electrons. The lowest BCUT2D eigenvalue weighted by Gasteiger charge is -2.21. The first-order chi connectivity index (χ1) is 9.10. The maximum atomic E-state index is 12.5. The van der Waals surface area contributed by atoms with Crippen LogP contribution in [0.2, 0.25) is 0 Å². The molecule has 0 bridgehead atoms. The molecule has 4 nitrogen and oxygen atoms in total. The number of anilines is 1. The SMILES string of the molecule is C=CCN(CC=C)C(=O)c1cccnc1NC(C)C. The van der Waals surface area contributed by atoms with Crippen molar-refractivity contribution in [1.29, 1.82) is 0 Å². The number of aromatic nitrogens is 1. The summed E-state index contributed by atoms with van der Waals surface area (Å²) in [6, 6.07) is 3.76. The first-order valence-corrected chi connectivity index (χ1v) is 6.32. The first kappa shape index (κ1) is 15.0. The highest BCUT2D eigenvalue weighted by molar-refractivity contribution is 5.98. The molecular weight excluding hydrogens is 238 g/mol. The second kappa shape index (κ2) is 7.36. The minimum atomic E-state index is -0.0731. The minimum Gasteiger partial charge on any atom is -0.367 e. The van der Waals surface area contributed by atoms with Gasteiger partial charge < -0.3 is 10.2 Å². The lowest BCUT2D eigenvalue weighted by atomic mass is 10.2. The Balaban J connectivity index is 3.02. The number of hydrogen-bond donors (Lipinski definition) is 1. The number of pyridine rings is 1. The van der Waals surface area contributed by atoms with Gasteiger partial charge in [0.1, 0.15) is 5.82 Å². The molecule has 1 rings (SSSR count). The van der Waals surface area contributed by atoms with E-state index in [9.17, 15) is 4.79 Å². The van der Waals surface area contributed by atoms with Crippen LogP contribution in [0.1, 0.15) is 24.2 Å². The topological polar surface area (TPSA) is 45.2 Å². The Labute approximate surface area is 114 Å². The highest BCUT2D eigenvalue weighted by Crippen LogP contribution is 2.15. The lowest BCUT2D eigenvalue weighted by Crippen LogP contribution is -2.32. The molecule has 0 saturated heterocycles. The van der Waals surface area contributed by atoms with Gasteiger partial charge in [-0.15, -0.1) is 13.2 Å². The molecule has 0 radical (unpaired) electrons. The summed E-state index contributed by atoms with van der Waals surface area (Å²) in [5.41, 5.74) is 0.569. The first-order valence-electron chi connectivity index (χ1n) is 6.32. The van der Waals surface area contributed by atoms with Crippen LogP contribution in [-0.2, 0) is 0 Å². The molecule has 0 aliphatic heterocycles. The summed E-state index contributed by atoms with van der Waals surface area (Å²) < 4.78 is 0. The molecule has 1 N–H and O–H groups in total. The number of carbonyl (C=O) groups is 1. The van der Waals surface area contributed by atoms with E-state index in [-0.39, 0.29) is 11.9 Å². The fourth-order valence-electron chi connectivity index (χ4n) is 1.69. The van der Waals surface area contributed by atoms with Crippen molar-refractivity contribution in [2.45, 2.75) is 19.9 Å². The van der Waals surface area contributed by atoms with Gasteiger partial charge in [-0.25, -0.2) is 4.98 Å². The Morgan fingerprint density at radius 2 is 2.05 bits per heavy atom. The third-order valence-corrected chi connectivity index (χ3v) is 2.45. The van der Waals surface area contributed by atoms with Crippen molar-refractivity contribution >= 4 is 11.7 Å². The fourth-order valence-corrected chi connectivity index (χ4v) is 1.69. The molecule has 0 aliphatic carbocycles. The highest BCUT2D eigenvalue weighted by atomic mass is 16.2. The van der Waals surface area contributed by atoms with Gasteiger partial charge in [-0.2, -0.15) is 0 Å². The van der Waals surface area contributed by atoms with Gasteiger partial charge >= 0.3 is 0 Å². The Kier molecular flexibility index (Phi) is 5.79. The summed E-state index contributed by atoms with van der Waals surface area (Å²) in [6.45, 7) is 12.3.